The molecule has 3 N–H and O–H groups in total. The van der Waals surface area contributed by atoms with Crippen molar-refractivity contribution in [3.63, 3.8) is 0 Å². The number of halogens is 1. The van der Waals surface area contributed by atoms with E-state index in [2.05, 4.69) is 20.3 Å². The molecule has 0 spiro atoms. The number of nitrogens with one attached hydrogen (secondary N) is 3. The van der Waals surface area contributed by atoms with Crippen LogP contribution in [-0.4, -0.2) is 33.7 Å². The van der Waals surface area contributed by atoms with E-state index < -0.39 is 10.0 Å². The molecular weight excluding hydrogens is 355 g/mol. The SMILES string of the molecule is CN=C(NCCS(=O)(=O)NCc1ccccc1)NCc1cccc(F)c1. The Hall–Kier alpha value is -2.45. The highest BCUT2D eigenvalue weighted by Gasteiger charge is 2.10. The van der Waals surface area contributed by atoms with Gasteiger partial charge in [0.2, 0.25) is 10.0 Å². The first-order valence-electron chi connectivity index (χ1n) is 8.19. The Morgan fingerprint density at radius 2 is 1.73 bits per heavy atom. The lowest BCUT2D eigenvalue weighted by atomic mass is 10.2. The van der Waals surface area contributed by atoms with Crippen molar-refractivity contribution in [2.75, 3.05) is 19.3 Å². The second kappa shape index (κ2) is 9.88. The quantitative estimate of drug-likeness (QED) is 0.481. The topological polar surface area (TPSA) is 82.6 Å². The molecular formula is C18H23FN4O2S. The first-order chi connectivity index (χ1) is 12.5. The van der Waals surface area contributed by atoms with Gasteiger partial charge in [0.25, 0.3) is 0 Å². The molecule has 2 aromatic rings. The Morgan fingerprint density at radius 3 is 2.42 bits per heavy atom. The van der Waals surface area contributed by atoms with E-state index in [1.165, 1.54) is 12.1 Å². The van der Waals surface area contributed by atoms with Crippen LogP contribution in [0.15, 0.2) is 59.6 Å². The zero-order chi connectivity index (χ0) is 18.8. The molecule has 0 heterocycles. The molecule has 0 aliphatic rings. The van der Waals surface area contributed by atoms with E-state index in [1.807, 2.05) is 30.3 Å². The average Bonchev–Trinajstić information content (AvgIpc) is 2.64. The molecule has 0 aliphatic carbocycles. The molecule has 0 aliphatic heterocycles. The van der Waals surface area contributed by atoms with E-state index in [4.69, 9.17) is 0 Å². The van der Waals surface area contributed by atoms with Crippen LogP contribution in [0.2, 0.25) is 0 Å². The van der Waals surface area contributed by atoms with Gasteiger partial charge in [0, 0.05) is 26.7 Å². The zero-order valence-corrected chi connectivity index (χ0v) is 15.4. The van der Waals surface area contributed by atoms with Crippen molar-refractivity contribution in [1.29, 1.82) is 0 Å². The van der Waals surface area contributed by atoms with Gasteiger partial charge in [0.1, 0.15) is 5.82 Å². The average molecular weight is 378 g/mol. The third kappa shape index (κ3) is 7.20. The normalized spacial score (nSPS) is 12.0. The van der Waals surface area contributed by atoms with E-state index in [0.717, 1.165) is 11.1 Å². The zero-order valence-electron chi connectivity index (χ0n) is 14.6. The monoisotopic (exact) mass is 378 g/mol. The van der Waals surface area contributed by atoms with Gasteiger partial charge in [-0.05, 0) is 23.3 Å². The first-order valence-corrected chi connectivity index (χ1v) is 9.84. The number of benzene rings is 2. The maximum Gasteiger partial charge on any atom is 0.213 e. The molecule has 8 heteroatoms. The minimum atomic E-state index is -3.40. The Labute approximate surface area is 153 Å². The van der Waals surface area contributed by atoms with Gasteiger partial charge in [0.05, 0.1) is 5.75 Å². The van der Waals surface area contributed by atoms with Crippen LogP contribution in [-0.2, 0) is 23.1 Å². The molecule has 26 heavy (non-hydrogen) atoms. The van der Waals surface area contributed by atoms with Gasteiger partial charge >= 0.3 is 0 Å². The minimum Gasteiger partial charge on any atom is -0.355 e. The second-order valence-corrected chi connectivity index (χ2v) is 7.53. The van der Waals surface area contributed by atoms with Crippen molar-refractivity contribution in [3.8, 4) is 0 Å². The lowest BCUT2D eigenvalue weighted by Gasteiger charge is -2.12. The fourth-order valence-electron chi connectivity index (χ4n) is 2.22. The summed E-state index contributed by atoms with van der Waals surface area (Å²) in [4.78, 5) is 4.02. The third-order valence-corrected chi connectivity index (χ3v) is 4.90. The number of hydrogen-bond acceptors (Lipinski definition) is 3. The molecule has 0 fully saturated rings. The molecule has 0 amide bonds. The van der Waals surface area contributed by atoms with Crippen LogP contribution in [0.1, 0.15) is 11.1 Å². The van der Waals surface area contributed by atoms with Crippen molar-refractivity contribution in [1.82, 2.24) is 15.4 Å². The van der Waals surface area contributed by atoms with Gasteiger partial charge in [-0.1, -0.05) is 42.5 Å². The van der Waals surface area contributed by atoms with E-state index in [9.17, 15) is 12.8 Å². The van der Waals surface area contributed by atoms with Gasteiger partial charge in [-0.15, -0.1) is 0 Å². The van der Waals surface area contributed by atoms with Crippen molar-refractivity contribution >= 4 is 16.0 Å². The predicted octanol–water partition coefficient (Wildman–Crippen LogP) is 1.61. The summed E-state index contributed by atoms with van der Waals surface area (Å²) in [6.45, 7) is 0.846. The molecule has 0 radical (unpaired) electrons. The summed E-state index contributed by atoms with van der Waals surface area (Å²) in [6, 6.07) is 15.6. The summed E-state index contributed by atoms with van der Waals surface area (Å²) in [6.07, 6.45) is 0. The lowest BCUT2D eigenvalue weighted by molar-refractivity contribution is 0.579. The van der Waals surface area contributed by atoms with Crippen molar-refractivity contribution in [3.05, 3.63) is 71.5 Å². The summed E-state index contributed by atoms with van der Waals surface area (Å²) >= 11 is 0. The Balaban J connectivity index is 1.73. The second-order valence-electron chi connectivity index (χ2n) is 5.61. The molecule has 0 unspecified atom stereocenters. The van der Waals surface area contributed by atoms with E-state index in [0.29, 0.717) is 12.5 Å². The highest BCUT2D eigenvalue weighted by atomic mass is 32.2. The summed E-state index contributed by atoms with van der Waals surface area (Å²) in [5.74, 6) is 0.0656. The molecule has 2 rings (SSSR count). The Morgan fingerprint density at radius 1 is 1.00 bits per heavy atom. The molecule has 0 saturated heterocycles. The molecule has 0 aromatic heterocycles. The number of nitrogens with zero attached hydrogens (tertiary/aromatic N) is 1. The van der Waals surface area contributed by atoms with Gasteiger partial charge in [0.15, 0.2) is 5.96 Å². The number of hydrogen-bond donors (Lipinski definition) is 3. The molecule has 6 nitrogen and oxygen atoms in total. The molecule has 0 saturated carbocycles. The minimum absolute atomic E-state index is 0.0828. The number of rotatable bonds is 8. The lowest BCUT2D eigenvalue weighted by Crippen LogP contribution is -2.40. The predicted molar refractivity (Wildman–Crippen MR) is 102 cm³/mol. The maximum atomic E-state index is 13.2. The summed E-state index contributed by atoms with van der Waals surface area (Å²) < 4.78 is 39.8. The van der Waals surface area contributed by atoms with Gasteiger partial charge < -0.3 is 10.6 Å². The van der Waals surface area contributed by atoms with E-state index in [-0.39, 0.29) is 24.7 Å². The standard InChI is InChI=1S/C18H23FN4O2S/c1-20-18(22-13-16-8-5-9-17(19)12-16)21-10-11-26(24,25)23-14-15-6-3-2-4-7-15/h2-9,12,23H,10-11,13-14H2,1H3,(H2,20,21,22). The fourth-order valence-corrected chi connectivity index (χ4v) is 3.12. The van der Waals surface area contributed by atoms with Crippen molar-refractivity contribution in [2.24, 2.45) is 4.99 Å². The van der Waals surface area contributed by atoms with E-state index >= 15 is 0 Å². The smallest absolute Gasteiger partial charge is 0.213 e. The van der Waals surface area contributed by atoms with Crippen LogP contribution < -0.4 is 15.4 Å². The van der Waals surface area contributed by atoms with E-state index in [1.54, 1.807) is 19.2 Å². The summed E-state index contributed by atoms with van der Waals surface area (Å²) in [7, 11) is -1.81. The van der Waals surface area contributed by atoms with Crippen LogP contribution in [0.4, 0.5) is 4.39 Å². The maximum absolute atomic E-state index is 13.2. The van der Waals surface area contributed by atoms with Crippen LogP contribution >= 0.6 is 0 Å². The van der Waals surface area contributed by atoms with Crippen LogP contribution in [0, 0.1) is 5.82 Å². The summed E-state index contributed by atoms with van der Waals surface area (Å²) in [5.41, 5.74) is 1.67. The summed E-state index contributed by atoms with van der Waals surface area (Å²) in [5, 5.41) is 5.95. The molecule has 0 atom stereocenters. The van der Waals surface area contributed by atoms with Gasteiger partial charge in [-0.2, -0.15) is 0 Å². The number of aliphatic imine (C=N–C) groups is 1. The highest BCUT2D eigenvalue weighted by molar-refractivity contribution is 7.89. The van der Waals surface area contributed by atoms with Crippen molar-refractivity contribution in [2.45, 2.75) is 13.1 Å². The van der Waals surface area contributed by atoms with Crippen LogP contribution in [0.3, 0.4) is 0 Å². The van der Waals surface area contributed by atoms with Crippen molar-refractivity contribution < 1.29 is 12.8 Å². The molecule has 140 valence electrons. The molecule has 2 aromatic carbocycles. The first kappa shape index (κ1) is 19.9. The molecule has 0 bridgehead atoms. The largest absolute Gasteiger partial charge is 0.355 e. The Kier molecular flexibility index (Phi) is 7.55. The van der Waals surface area contributed by atoms with Crippen LogP contribution in [0.25, 0.3) is 0 Å². The number of sulfonamides is 1. The van der Waals surface area contributed by atoms with Gasteiger partial charge in [-0.25, -0.2) is 17.5 Å². The number of guanidine groups is 1. The van der Waals surface area contributed by atoms with Crippen LogP contribution in [0.5, 0.6) is 0 Å². The Bertz CT molecular complexity index is 826. The fraction of sp³-hybridized carbons (Fsp3) is 0.278. The highest BCUT2D eigenvalue weighted by Crippen LogP contribution is 2.02. The van der Waals surface area contributed by atoms with Gasteiger partial charge in [-0.3, -0.25) is 4.99 Å². The third-order valence-electron chi connectivity index (χ3n) is 3.57.